The molecule has 0 saturated heterocycles. The van der Waals surface area contributed by atoms with Crippen molar-refractivity contribution in [3.63, 3.8) is 0 Å². The average molecular weight is 221 g/mol. The van der Waals surface area contributed by atoms with E-state index in [4.69, 9.17) is 9.47 Å². The van der Waals surface area contributed by atoms with Gasteiger partial charge in [-0.05, 0) is 23.3 Å². The van der Waals surface area contributed by atoms with Gasteiger partial charge in [-0.3, -0.25) is 4.79 Å². The first kappa shape index (κ1) is 11.0. The minimum Gasteiger partial charge on any atom is -0.491 e. The van der Waals surface area contributed by atoms with Gasteiger partial charge in [-0.1, -0.05) is 6.07 Å². The highest BCUT2D eigenvalue weighted by molar-refractivity contribution is 5.51. The van der Waals surface area contributed by atoms with Crippen LogP contribution >= 0.6 is 0 Å². The van der Waals surface area contributed by atoms with E-state index in [0.717, 1.165) is 12.2 Å². The van der Waals surface area contributed by atoms with Gasteiger partial charge in [0.25, 0.3) is 0 Å². The van der Waals surface area contributed by atoms with Gasteiger partial charge in [0.15, 0.2) is 0 Å². The standard InChI is InChI=1S/C12H15NO3/c1-15-4-5-16-12-3-2-10-7-13(9-14)8-11(10)6-12/h2-3,6,9H,4-5,7-8H2,1H3. The summed E-state index contributed by atoms with van der Waals surface area (Å²) >= 11 is 0. The third kappa shape index (κ3) is 2.33. The smallest absolute Gasteiger partial charge is 0.210 e. The van der Waals surface area contributed by atoms with Crippen LogP contribution in [0.5, 0.6) is 5.75 Å². The molecule has 1 aromatic carbocycles. The van der Waals surface area contributed by atoms with Crippen molar-refractivity contribution < 1.29 is 14.3 Å². The molecule has 86 valence electrons. The fourth-order valence-electron chi connectivity index (χ4n) is 1.80. The summed E-state index contributed by atoms with van der Waals surface area (Å²) in [7, 11) is 1.65. The molecule has 0 N–H and O–H groups in total. The maximum Gasteiger partial charge on any atom is 0.210 e. The lowest BCUT2D eigenvalue weighted by molar-refractivity contribution is -0.118. The Balaban J connectivity index is 2.01. The van der Waals surface area contributed by atoms with Crippen LogP contribution < -0.4 is 4.74 Å². The summed E-state index contributed by atoms with van der Waals surface area (Å²) in [6, 6.07) is 5.94. The Morgan fingerprint density at radius 3 is 2.88 bits per heavy atom. The Hall–Kier alpha value is -1.55. The van der Waals surface area contributed by atoms with E-state index in [0.29, 0.717) is 26.3 Å². The number of nitrogens with zero attached hydrogens (tertiary/aromatic N) is 1. The van der Waals surface area contributed by atoms with Crippen molar-refractivity contribution in [3.8, 4) is 5.75 Å². The third-order valence-electron chi connectivity index (χ3n) is 2.63. The number of carbonyl (C=O) groups excluding carboxylic acids is 1. The summed E-state index contributed by atoms with van der Waals surface area (Å²) < 4.78 is 10.4. The van der Waals surface area contributed by atoms with Crippen LogP contribution in [0.3, 0.4) is 0 Å². The quantitative estimate of drug-likeness (QED) is 0.553. The lowest BCUT2D eigenvalue weighted by atomic mass is 10.1. The number of benzene rings is 1. The van der Waals surface area contributed by atoms with Crippen molar-refractivity contribution in [1.82, 2.24) is 4.90 Å². The predicted molar refractivity (Wildman–Crippen MR) is 59.1 cm³/mol. The number of amides is 1. The summed E-state index contributed by atoms with van der Waals surface area (Å²) in [6.07, 6.45) is 0.880. The number of carbonyl (C=O) groups is 1. The predicted octanol–water partition coefficient (Wildman–Crippen LogP) is 1.18. The SMILES string of the molecule is COCCOc1ccc2c(c1)CN(C=O)C2. The van der Waals surface area contributed by atoms with E-state index < -0.39 is 0 Å². The molecule has 4 heteroatoms. The molecule has 4 nitrogen and oxygen atoms in total. The van der Waals surface area contributed by atoms with Crippen molar-refractivity contribution in [3.05, 3.63) is 29.3 Å². The Labute approximate surface area is 94.8 Å². The molecule has 1 heterocycles. The molecule has 0 atom stereocenters. The number of fused-ring (bicyclic) bond motifs is 1. The minimum atomic E-state index is 0.548. The molecular weight excluding hydrogens is 206 g/mol. The number of hydrogen-bond donors (Lipinski definition) is 0. The van der Waals surface area contributed by atoms with Gasteiger partial charge < -0.3 is 14.4 Å². The summed E-state index contributed by atoms with van der Waals surface area (Å²) in [6.45, 7) is 2.52. The molecule has 0 bridgehead atoms. The number of methoxy groups -OCH3 is 1. The Morgan fingerprint density at radius 2 is 2.12 bits per heavy atom. The van der Waals surface area contributed by atoms with Gasteiger partial charge >= 0.3 is 0 Å². The normalized spacial score (nSPS) is 13.7. The second-order valence-corrected chi connectivity index (χ2v) is 3.78. The monoisotopic (exact) mass is 221 g/mol. The summed E-state index contributed by atoms with van der Waals surface area (Å²) in [5, 5.41) is 0. The molecule has 0 saturated carbocycles. The van der Waals surface area contributed by atoms with E-state index in [1.807, 2.05) is 18.2 Å². The third-order valence-corrected chi connectivity index (χ3v) is 2.63. The first-order valence-electron chi connectivity index (χ1n) is 5.26. The first-order valence-corrected chi connectivity index (χ1v) is 5.26. The highest BCUT2D eigenvalue weighted by Gasteiger charge is 2.17. The average Bonchev–Trinajstić information content (AvgIpc) is 2.71. The second kappa shape index (κ2) is 4.99. The van der Waals surface area contributed by atoms with Crippen LogP contribution in [-0.2, 0) is 22.6 Å². The molecule has 2 rings (SSSR count). The lowest BCUT2D eigenvalue weighted by Crippen LogP contribution is -2.12. The zero-order chi connectivity index (χ0) is 11.4. The molecule has 16 heavy (non-hydrogen) atoms. The van der Waals surface area contributed by atoms with E-state index >= 15 is 0 Å². The molecule has 1 aliphatic rings. The molecule has 1 amide bonds. The Kier molecular flexibility index (Phi) is 3.41. The number of ether oxygens (including phenoxy) is 2. The number of rotatable bonds is 5. The molecule has 0 unspecified atom stereocenters. The van der Waals surface area contributed by atoms with Gasteiger partial charge in [0.1, 0.15) is 12.4 Å². The van der Waals surface area contributed by atoms with Crippen molar-refractivity contribution in [1.29, 1.82) is 0 Å². The van der Waals surface area contributed by atoms with Gasteiger partial charge in [0.05, 0.1) is 6.61 Å². The Morgan fingerprint density at radius 1 is 1.31 bits per heavy atom. The molecule has 1 aliphatic heterocycles. The van der Waals surface area contributed by atoms with Crippen LogP contribution in [0.4, 0.5) is 0 Å². The minimum absolute atomic E-state index is 0.548. The van der Waals surface area contributed by atoms with Gasteiger partial charge in [0, 0.05) is 20.2 Å². The Bertz CT molecular complexity index is 379. The van der Waals surface area contributed by atoms with E-state index in [-0.39, 0.29) is 0 Å². The fraction of sp³-hybridized carbons (Fsp3) is 0.417. The van der Waals surface area contributed by atoms with Gasteiger partial charge in [-0.15, -0.1) is 0 Å². The van der Waals surface area contributed by atoms with Crippen LogP contribution in [-0.4, -0.2) is 31.6 Å². The topological polar surface area (TPSA) is 38.8 Å². The zero-order valence-electron chi connectivity index (χ0n) is 9.31. The lowest BCUT2D eigenvalue weighted by Gasteiger charge is -2.06. The maximum absolute atomic E-state index is 10.6. The highest BCUT2D eigenvalue weighted by atomic mass is 16.5. The molecule has 0 aliphatic carbocycles. The fourth-order valence-corrected chi connectivity index (χ4v) is 1.80. The van der Waals surface area contributed by atoms with Crippen LogP contribution in [0, 0.1) is 0 Å². The zero-order valence-corrected chi connectivity index (χ0v) is 9.31. The molecule has 0 fully saturated rings. The number of hydrogen-bond acceptors (Lipinski definition) is 3. The molecule has 0 aromatic heterocycles. The molecule has 0 spiro atoms. The highest BCUT2D eigenvalue weighted by Crippen LogP contribution is 2.25. The van der Waals surface area contributed by atoms with Crippen LogP contribution in [0.2, 0.25) is 0 Å². The van der Waals surface area contributed by atoms with Gasteiger partial charge in [0.2, 0.25) is 6.41 Å². The van der Waals surface area contributed by atoms with Crippen LogP contribution in [0.15, 0.2) is 18.2 Å². The van der Waals surface area contributed by atoms with E-state index in [1.165, 1.54) is 11.1 Å². The first-order chi connectivity index (χ1) is 7.83. The summed E-state index contributed by atoms with van der Waals surface area (Å²) in [5.74, 6) is 0.837. The largest absolute Gasteiger partial charge is 0.491 e. The molecule has 0 radical (unpaired) electrons. The van der Waals surface area contributed by atoms with Crippen molar-refractivity contribution >= 4 is 6.41 Å². The van der Waals surface area contributed by atoms with E-state index in [1.54, 1.807) is 12.0 Å². The molecule has 1 aromatic rings. The molecular formula is C12H15NO3. The maximum atomic E-state index is 10.6. The van der Waals surface area contributed by atoms with Crippen molar-refractivity contribution in [2.45, 2.75) is 13.1 Å². The van der Waals surface area contributed by atoms with E-state index in [2.05, 4.69) is 0 Å². The van der Waals surface area contributed by atoms with Crippen LogP contribution in [0.1, 0.15) is 11.1 Å². The van der Waals surface area contributed by atoms with Crippen molar-refractivity contribution in [2.24, 2.45) is 0 Å². The van der Waals surface area contributed by atoms with Crippen LogP contribution in [0.25, 0.3) is 0 Å². The summed E-state index contributed by atoms with van der Waals surface area (Å²) in [4.78, 5) is 12.4. The van der Waals surface area contributed by atoms with Crippen molar-refractivity contribution in [2.75, 3.05) is 20.3 Å². The summed E-state index contributed by atoms with van der Waals surface area (Å²) in [5.41, 5.74) is 2.37. The van der Waals surface area contributed by atoms with Gasteiger partial charge in [-0.2, -0.15) is 0 Å². The van der Waals surface area contributed by atoms with E-state index in [9.17, 15) is 4.79 Å². The van der Waals surface area contributed by atoms with Gasteiger partial charge in [-0.25, -0.2) is 0 Å². The second-order valence-electron chi connectivity index (χ2n) is 3.78.